The molecule has 1 amide bonds. The number of nitrogens with one attached hydrogen (secondary N) is 1. The van der Waals surface area contributed by atoms with Crippen molar-refractivity contribution < 1.29 is 14.6 Å². The predicted octanol–water partition coefficient (Wildman–Crippen LogP) is 3.73. The van der Waals surface area contributed by atoms with Crippen LogP contribution in [0, 0.1) is 11.8 Å². The maximum atomic E-state index is 12.3. The van der Waals surface area contributed by atoms with Crippen molar-refractivity contribution >= 4 is 22.4 Å². The van der Waals surface area contributed by atoms with Crippen LogP contribution in [0.5, 0.6) is 11.5 Å². The largest absolute Gasteiger partial charge is 0.507 e. The van der Waals surface area contributed by atoms with E-state index in [-0.39, 0.29) is 11.7 Å². The smallest absolute Gasteiger partial charge is 0.226 e. The van der Waals surface area contributed by atoms with Crippen LogP contribution in [-0.2, 0) is 11.3 Å². The van der Waals surface area contributed by atoms with Gasteiger partial charge in [0.25, 0.3) is 0 Å². The average Bonchev–Trinajstić information content (AvgIpc) is 3.17. The summed E-state index contributed by atoms with van der Waals surface area (Å²) in [6, 6.07) is 5.45. The summed E-state index contributed by atoms with van der Waals surface area (Å²) >= 11 is 1.44. The van der Waals surface area contributed by atoms with Gasteiger partial charge in [-0.05, 0) is 30.9 Å². The third-order valence-corrected chi connectivity index (χ3v) is 6.00. The second-order valence-corrected chi connectivity index (χ2v) is 7.93. The number of piperidine rings is 1. The van der Waals surface area contributed by atoms with E-state index in [1.165, 1.54) is 11.3 Å². The zero-order valence-corrected chi connectivity index (χ0v) is 16.7. The van der Waals surface area contributed by atoms with E-state index in [0.29, 0.717) is 35.7 Å². The minimum atomic E-state index is 0.0506. The number of ether oxygens (including phenoxy) is 1. The molecule has 0 aliphatic carbocycles. The number of hydrogen-bond donors (Lipinski definition) is 2. The molecule has 146 valence electrons. The van der Waals surface area contributed by atoms with Gasteiger partial charge < -0.3 is 15.2 Å². The number of methoxy groups -OCH3 is 1. The van der Waals surface area contributed by atoms with E-state index in [2.05, 4.69) is 22.1 Å². The van der Waals surface area contributed by atoms with E-state index in [0.717, 1.165) is 31.5 Å². The lowest BCUT2D eigenvalue weighted by Crippen LogP contribution is -2.41. The van der Waals surface area contributed by atoms with Gasteiger partial charge in [0.1, 0.15) is 11.5 Å². The maximum absolute atomic E-state index is 12.3. The molecule has 3 rings (SSSR count). The number of hydrogen-bond acceptors (Lipinski definition) is 6. The van der Waals surface area contributed by atoms with Crippen molar-refractivity contribution in [1.29, 1.82) is 0 Å². The number of nitrogens with zero attached hydrogens (tertiary/aromatic N) is 2. The Morgan fingerprint density at radius 3 is 2.96 bits per heavy atom. The summed E-state index contributed by atoms with van der Waals surface area (Å²) in [6.45, 7) is 4.77. The number of anilines is 1. The molecule has 1 aromatic carbocycles. The van der Waals surface area contributed by atoms with Crippen LogP contribution >= 0.6 is 11.3 Å². The highest BCUT2D eigenvalue weighted by atomic mass is 32.1. The number of carbonyl (C=O) groups is 1. The molecule has 0 bridgehead atoms. The summed E-state index contributed by atoms with van der Waals surface area (Å²) in [5, 5.41) is 15.6. The fraction of sp³-hybridized carbons (Fsp3) is 0.500. The van der Waals surface area contributed by atoms with E-state index in [9.17, 15) is 9.90 Å². The molecular weight excluding hydrogens is 362 g/mol. The molecule has 1 aliphatic heterocycles. The Morgan fingerprint density at radius 1 is 1.44 bits per heavy atom. The highest BCUT2D eigenvalue weighted by Gasteiger charge is 2.30. The number of phenolic OH excluding ortho intramolecular Hbond substituents is 1. The SMILES string of the molecule is CCC1CN(Cc2ccc(OC)cc2O)CCC1CC(=O)Nc1nccs1. The first kappa shape index (κ1) is 19.6. The van der Waals surface area contributed by atoms with E-state index >= 15 is 0 Å². The molecule has 1 saturated heterocycles. The normalized spacial score (nSPS) is 20.4. The molecule has 7 heteroatoms. The fourth-order valence-corrected chi connectivity index (χ4v) is 4.31. The van der Waals surface area contributed by atoms with Gasteiger partial charge in [0.15, 0.2) is 5.13 Å². The number of aromatic hydroxyl groups is 1. The summed E-state index contributed by atoms with van der Waals surface area (Å²) < 4.78 is 5.15. The van der Waals surface area contributed by atoms with Gasteiger partial charge in [-0.25, -0.2) is 4.98 Å². The zero-order valence-electron chi connectivity index (χ0n) is 15.9. The van der Waals surface area contributed by atoms with Crippen LogP contribution in [0.25, 0.3) is 0 Å². The molecule has 0 saturated carbocycles. The van der Waals surface area contributed by atoms with Crippen molar-refractivity contribution in [2.45, 2.75) is 32.7 Å². The summed E-state index contributed by atoms with van der Waals surface area (Å²) in [5.41, 5.74) is 0.908. The second-order valence-electron chi connectivity index (χ2n) is 7.04. The van der Waals surface area contributed by atoms with Crippen molar-refractivity contribution in [2.75, 3.05) is 25.5 Å². The molecule has 1 aromatic heterocycles. The van der Waals surface area contributed by atoms with Gasteiger partial charge in [-0.1, -0.05) is 19.4 Å². The molecule has 2 heterocycles. The van der Waals surface area contributed by atoms with Crippen LogP contribution in [0.15, 0.2) is 29.8 Å². The molecule has 27 heavy (non-hydrogen) atoms. The quantitative estimate of drug-likeness (QED) is 0.755. The minimum absolute atomic E-state index is 0.0506. The van der Waals surface area contributed by atoms with Crippen LogP contribution < -0.4 is 10.1 Å². The maximum Gasteiger partial charge on any atom is 0.226 e. The number of phenols is 1. The molecule has 2 aromatic rings. The third kappa shape index (κ3) is 5.20. The number of amides is 1. The van der Waals surface area contributed by atoms with Gasteiger partial charge in [-0.2, -0.15) is 0 Å². The van der Waals surface area contributed by atoms with E-state index in [1.54, 1.807) is 19.4 Å². The number of thiazole rings is 1. The minimum Gasteiger partial charge on any atom is -0.507 e. The van der Waals surface area contributed by atoms with Gasteiger partial charge in [0.05, 0.1) is 7.11 Å². The van der Waals surface area contributed by atoms with Crippen molar-refractivity contribution in [3.8, 4) is 11.5 Å². The van der Waals surface area contributed by atoms with Gasteiger partial charge in [0.2, 0.25) is 5.91 Å². The summed E-state index contributed by atoms with van der Waals surface area (Å²) in [4.78, 5) is 18.8. The summed E-state index contributed by atoms with van der Waals surface area (Å²) in [7, 11) is 1.59. The number of likely N-dealkylation sites (tertiary alicyclic amines) is 1. The molecular formula is C20H27N3O3S. The lowest BCUT2D eigenvalue weighted by Gasteiger charge is -2.38. The molecule has 2 N–H and O–H groups in total. The van der Waals surface area contributed by atoms with Crippen LogP contribution in [-0.4, -0.2) is 41.1 Å². The first-order valence-electron chi connectivity index (χ1n) is 9.36. The summed E-state index contributed by atoms with van der Waals surface area (Å²) in [5.74, 6) is 1.84. The van der Waals surface area contributed by atoms with Crippen molar-refractivity contribution in [3.63, 3.8) is 0 Å². The monoisotopic (exact) mass is 389 g/mol. The number of rotatable bonds is 7. The lowest BCUT2D eigenvalue weighted by atomic mass is 9.81. The summed E-state index contributed by atoms with van der Waals surface area (Å²) in [6.07, 6.45) is 4.27. The van der Waals surface area contributed by atoms with Crippen molar-refractivity contribution in [3.05, 3.63) is 35.3 Å². The average molecular weight is 390 g/mol. The van der Waals surface area contributed by atoms with Crippen LogP contribution in [0.3, 0.4) is 0 Å². The first-order valence-corrected chi connectivity index (χ1v) is 10.2. The number of carbonyl (C=O) groups excluding carboxylic acids is 1. The van der Waals surface area contributed by atoms with E-state index in [1.807, 2.05) is 17.5 Å². The molecule has 2 unspecified atom stereocenters. The van der Waals surface area contributed by atoms with Crippen molar-refractivity contribution in [1.82, 2.24) is 9.88 Å². The molecule has 0 spiro atoms. The number of benzene rings is 1. The Hall–Kier alpha value is -2.12. The molecule has 1 aliphatic rings. The fourth-order valence-electron chi connectivity index (χ4n) is 3.77. The standard InChI is InChI=1S/C20H27N3O3S/c1-3-14-12-23(13-16-4-5-17(26-2)11-18(16)24)8-6-15(14)10-19(25)22-20-21-7-9-27-20/h4-5,7,9,11,14-15,24H,3,6,8,10,12-13H2,1-2H3,(H,21,22,25). The molecule has 1 fully saturated rings. The van der Waals surface area contributed by atoms with Gasteiger partial charge in [-0.3, -0.25) is 9.69 Å². The Labute approximate surface area is 164 Å². The van der Waals surface area contributed by atoms with Gasteiger partial charge in [0, 0.05) is 42.7 Å². The molecule has 6 nitrogen and oxygen atoms in total. The van der Waals surface area contributed by atoms with E-state index in [4.69, 9.17) is 4.74 Å². The molecule has 2 atom stereocenters. The highest BCUT2D eigenvalue weighted by molar-refractivity contribution is 7.13. The second kappa shape index (κ2) is 9.19. The van der Waals surface area contributed by atoms with E-state index < -0.39 is 0 Å². The topological polar surface area (TPSA) is 74.7 Å². The van der Waals surface area contributed by atoms with Crippen molar-refractivity contribution in [2.24, 2.45) is 11.8 Å². The Morgan fingerprint density at radius 2 is 2.30 bits per heavy atom. The number of aromatic nitrogens is 1. The zero-order chi connectivity index (χ0) is 19.2. The van der Waals surface area contributed by atoms with Crippen LogP contribution in [0.2, 0.25) is 0 Å². The first-order chi connectivity index (χ1) is 13.1. The predicted molar refractivity (Wildman–Crippen MR) is 107 cm³/mol. The van der Waals surface area contributed by atoms with Gasteiger partial charge in [-0.15, -0.1) is 11.3 Å². The highest BCUT2D eigenvalue weighted by Crippen LogP contribution is 2.32. The van der Waals surface area contributed by atoms with Crippen LogP contribution in [0.1, 0.15) is 31.7 Å². The van der Waals surface area contributed by atoms with Gasteiger partial charge >= 0.3 is 0 Å². The lowest BCUT2D eigenvalue weighted by molar-refractivity contribution is -0.118. The third-order valence-electron chi connectivity index (χ3n) is 5.31. The van der Waals surface area contributed by atoms with Crippen LogP contribution in [0.4, 0.5) is 5.13 Å². The molecule has 0 radical (unpaired) electrons. The Kier molecular flexibility index (Phi) is 6.68. The Bertz CT molecular complexity index is 751. The Balaban J connectivity index is 1.55.